The van der Waals surface area contributed by atoms with Gasteiger partial charge in [0.25, 0.3) is 0 Å². The first-order chi connectivity index (χ1) is 12.7. The smallest absolute Gasteiger partial charge is 0.135 e. The molecule has 4 heterocycles. The van der Waals surface area contributed by atoms with Crippen LogP contribution in [0.1, 0.15) is 17.8 Å². The highest BCUT2D eigenvalue weighted by molar-refractivity contribution is 5.59. The molecular weight excluding hydrogens is 333 g/mol. The summed E-state index contributed by atoms with van der Waals surface area (Å²) in [6.45, 7) is 4.06. The molecule has 0 saturated carbocycles. The SMILES string of the molecule is Fc1ccc(-c2cnc3n2CC2(CCN(Cc4ccoc4)C2)OC3)cc1. The molecule has 0 radical (unpaired) electrons. The van der Waals surface area contributed by atoms with E-state index in [1.807, 2.05) is 24.4 Å². The minimum absolute atomic E-state index is 0.188. The topological polar surface area (TPSA) is 43.4 Å². The second-order valence-electron chi connectivity index (χ2n) is 7.22. The molecule has 2 aliphatic rings. The Morgan fingerprint density at radius 2 is 2.04 bits per heavy atom. The monoisotopic (exact) mass is 353 g/mol. The van der Waals surface area contributed by atoms with E-state index in [-0.39, 0.29) is 11.4 Å². The fourth-order valence-corrected chi connectivity index (χ4v) is 4.06. The number of furan rings is 1. The summed E-state index contributed by atoms with van der Waals surface area (Å²) in [5.41, 5.74) is 3.01. The van der Waals surface area contributed by atoms with Gasteiger partial charge >= 0.3 is 0 Å². The van der Waals surface area contributed by atoms with Gasteiger partial charge in [0.2, 0.25) is 0 Å². The molecule has 0 aliphatic carbocycles. The van der Waals surface area contributed by atoms with Gasteiger partial charge in [-0.15, -0.1) is 0 Å². The predicted octanol–water partition coefficient (Wildman–Crippen LogP) is 3.46. The van der Waals surface area contributed by atoms with Crippen molar-refractivity contribution in [1.29, 1.82) is 0 Å². The lowest BCUT2D eigenvalue weighted by atomic mass is 10.0. The number of benzene rings is 1. The number of likely N-dealkylation sites (tertiary alicyclic amines) is 1. The van der Waals surface area contributed by atoms with Crippen LogP contribution < -0.4 is 0 Å². The fourth-order valence-electron chi connectivity index (χ4n) is 4.06. The van der Waals surface area contributed by atoms with Crippen LogP contribution in [0.5, 0.6) is 0 Å². The van der Waals surface area contributed by atoms with E-state index in [9.17, 15) is 4.39 Å². The molecule has 1 atom stereocenters. The average molecular weight is 353 g/mol. The van der Waals surface area contributed by atoms with Crippen LogP contribution in [0, 0.1) is 5.82 Å². The van der Waals surface area contributed by atoms with E-state index < -0.39 is 0 Å². The van der Waals surface area contributed by atoms with E-state index in [2.05, 4.69) is 14.5 Å². The molecule has 1 fully saturated rings. The number of rotatable bonds is 3. The Balaban J connectivity index is 1.38. The zero-order valence-corrected chi connectivity index (χ0v) is 14.4. The Labute approximate surface area is 151 Å². The van der Waals surface area contributed by atoms with Crippen LogP contribution in [-0.2, 0) is 24.4 Å². The summed E-state index contributed by atoms with van der Waals surface area (Å²) < 4.78 is 26.9. The Morgan fingerprint density at radius 1 is 1.15 bits per heavy atom. The van der Waals surface area contributed by atoms with E-state index in [4.69, 9.17) is 9.15 Å². The Kier molecular flexibility index (Phi) is 3.69. The summed E-state index contributed by atoms with van der Waals surface area (Å²) in [7, 11) is 0. The number of hydrogen-bond donors (Lipinski definition) is 0. The molecule has 26 heavy (non-hydrogen) atoms. The fraction of sp³-hybridized carbons (Fsp3) is 0.350. The molecule has 5 nitrogen and oxygen atoms in total. The number of ether oxygens (including phenoxy) is 1. The van der Waals surface area contributed by atoms with Crippen LogP contribution in [-0.4, -0.2) is 33.1 Å². The average Bonchev–Trinajstić information content (AvgIpc) is 3.37. The lowest BCUT2D eigenvalue weighted by Crippen LogP contribution is -2.44. The van der Waals surface area contributed by atoms with Crippen molar-refractivity contribution in [3.05, 3.63) is 66.3 Å². The van der Waals surface area contributed by atoms with E-state index in [1.54, 1.807) is 12.5 Å². The van der Waals surface area contributed by atoms with Crippen LogP contribution in [0.25, 0.3) is 11.3 Å². The maximum atomic E-state index is 13.3. The van der Waals surface area contributed by atoms with Crippen LogP contribution in [0.3, 0.4) is 0 Å². The molecule has 1 unspecified atom stereocenters. The molecule has 2 aromatic heterocycles. The maximum Gasteiger partial charge on any atom is 0.135 e. The van der Waals surface area contributed by atoms with Crippen molar-refractivity contribution in [3.8, 4) is 11.3 Å². The zero-order chi connectivity index (χ0) is 17.6. The van der Waals surface area contributed by atoms with Crippen LogP contribution in [0.15, 0.2) is 53.5 Å². The highest BCUT2D eigenvalue weighted by Crippen LogP contribution is 2.35. The molecule has 1 saturated heterocycles. The number of nitrogens with zero attached hydrogens (tertiary/aromatic N) is 3. The lowest BCUT2D eigenvalue weighted by Gasteiger charge is -2.35. The first-order valence-electron chi connectivity index (χ1n) is 8.89. The van der Waals surface area contributed by atoms with Crippen LogP contribution in [0.4, 0.5) is 4.39 Å². The highest BCUT2D eigenvalue weighted by atomic mass is 19.1. The van der Waals surface area contributed by atoms with Gasteiger partial charge in [0.15, 0.2) is 0 Å². The summed E-state index contributed by atoms with van der Waals surface area (Å²) in [5.74, 6) is 0.709. The second-order valence-corrected chi connectivity index (χ2v) is 7.22. The third-order valence-electron chi connectivity index (χ3n) is 5.41. The Hall–Kier alpha value is -2.44. The van der Waals surface area contributed by atoms with E-state index in [0.717, 1.165) is 49.7 Å². The maximum absolute atomic E-state index is 13.3. The Bertz CT molecular complexity index is 904. The molecule has 0 amide bonds. The first-order valence-corrected chi connectivity index (χ1v) is 8.89. The molecular formula is C20H20FN3O2. The Morgan fingerprint density at radius 3 is 2.85 bits per heavy atom. The molecule has 1 aromatic carbocycles. The van der Waals surface area contributed by atoms with Gasteiger partial charge in [-0.05, 0) is 42.3 Å². The van der Waals surface area contributed by atoms with Crippen molar-refractivity contribution in [2.75, 3.05) is 13.1 Å². The van der Waals surface area contributed by atoms with Gasteiger partial charge in [-0.25, -0.2) is 9.37 Å². The molecule has 2 aliphatic heterocycles. The van der Waals surface area contributed by atoms with E-state index >= 15 is 0 Å². The number of aromatic nitrogens is 2. The van der Waals surface area contributed by atoms with Crippen molar-refractivity contribution in [2.45, 2.75) is 31.7 Å². The summed E-state index contributed by atoms with van der Waals surface area (Å²) in [6, 6.07) is 8.61. The van der Waals surface area contributed by atoms with Gasteiger partial charge in [0.1, 0.15) is 23.8 Å². The third kappa shape index (κ3) is 2.75. The van der Waals surface area contributed by atoms with Crippen molar-refractivity contribution >= 4 is 0 Å². The van der Waals surface area contributed by atoms with Crippen LogP contribution in [0.2, 0.25) is 0 Å². The summed E-state index contributed by atoms with van der Waals surface area (Å²) >= 11 is 0. The van der Waals surface area contributed by atoms with Crippen LogP contribution >= 0.6 is 0 Å². The first kappa shape index (κ1) is 15.8. The lowest BCUT2D eigenvalue weighted by molar-refractivity contribution is -0.0821. The van der Waals surface area contributed by atoms with Gasteiger partial charge in [0, 0.05) is 25.2 Å². The van der Waals surface area contributed by atoms with Gasteiger partial charge in [-0.2, -0.15) is 0 Å². The standard InChI is InChI=1S/C20H20FN3O2/c21-17-3-1-16(2-4-17)18-9-22-19-12-26-20(14-24(18)19)6-7-23(13-20)10-15-5-8-25-11-15/h1-5,8-9,11H,6-7,10,12-14H2. The van der Waals surface area contributed by atoms with Gasteiger partial charge in [-0.3, -0.25) is 4.90 Å². The molecule has 0 bridgehead atoms. The second kappa shape index (κ2) is 6.07. The van der Waals surface area contributed by atoms with Gasteiger partial charge in [0.05, 0.1) is 31.0 Å². The molecule has 0 N–H and O–H groups in total. The number of halogens is 1. The quantitative estimate of drug-likeness (QED) is 0.723. The van der Waals surface area contributed by atoms with Crippen molar-refractivity contribution in [3.63, 3.8) is 0 Å². The number of hydrogen-bond acceptors (Lipinski definition) is 4. The molecule has 5 rings (SSSR count). The molecule has 3 aromatic rings. The zero-order valence-electron chi connectivity index (χ0n) is 14.4. The van der Waals surface area contributed by atoms with E-state index in [0.29, 0.717) is 6.61 Å². The third-order valence-corrected chi connectivity index (χ3v) is 5.41. The summed E-state index contributed by atoms with van der Waals surface area (Å²) in [5, 5.41) is 0. The number of fused-ring (bicyclic) bond motifs is 1. The predicted molar refractivity (Wildman–Crippen MR) is 93.7 cm³/mol. The highest BCUT2D eigenvalue weighted by Gasteiger charge is 2.43. The normalized spacial score (nSPS) is 22.8. The minimum atomic E-state index is -0.224. The van der Waals surface area contributed by atoms with Crippen molar-refractivity contribution in [2.24, 2.45) is 0 Å². The van der Waals surface area contributed by atoms with Crippen molar-refractivity contribution < 1.29 is 13.5 Å². The molecule has 6 heteroatoms. The van der Waals surface area contributed by atoms with E-state index in [1.165, 1.54) is 17.7 Å². The van der Waals surface area contributed by atoms with Gasteiger partial charge < -0.3 is 13.7 Å². The largest absolute Gasteiger partial charge is 0.472 e. The van der Waals surface area contributed by atoms with Gasteiger partial charge in [-0.1, -0.05) is 0 Å². The number of imidazole rings is 1. The molecule has 134 valence electrons. The molecule has 1 spiro atoms. The minimum Gasteiger partial charge on any atom is -0.472 e. The summed E-state index contributed by atoms with van der Waals surface area (Å²) in [6.07, 6.45) is 6.37. The van der Waals surface area contributed by atoms with Crippen molar-refractivity contribution in [1.82, 2.24) is 14.5 Å². The summed E-state index contributed by atoms with van der Waals surface area (Å²) in [4.78, 5) is 6.92.